The van der Waals surface area contributed by atoms with Crippen LogP contribution in [0, 0.1) is 11.8 Å². The molecule has 0 bridgehead atoms. The molecule has 1 aliphatic heterocycles. The third-order valence-electron chi connectivity index (χ3n) is 3.22. The molecule has 0 radical (unpaired) electrons. The van der Waals surface area contributed by atoms with E-state index >= 15 is 0 Å². The molecule has 86 valence electrons. The Bertz CT molecular complexity index is 228. The number of hydrogen-bond acceptors (Lipinski definition) is 4. The second-order valence-electron chi connectivity index (χ2n) is 4.44. The Balaban J connectivity index is 1.68. The average molecular weight is 213 g/mol. The Morgan fingerprint density at radius 1 is 1.47 bits per heavy atom. The number of hydrogen-bond donors (Lipinski definition) is 1. The number of carbonyl (C=O) groups is 1. The summed E-state index contributed by atoms with van der Waals surface area (Å²) in [6.45, 7) is 1.68. The molecule has 4 nitrogen and oxygen atoms in total. The fourth-order valence-corrected chi connectivity index (χ4v) is 1.91. The van der Waals surface area contributed by atoms with Gasteiger partial charge in [-0.3, -0.25) is 4.79 Å². The van der Waals surface area contributed by atoms with Gasteiger partial charge in [0.15, 0.2) is 0 Å². The summed E-state index contributed by atoms with van der Waals surface area (Å²) in [5.74, 6) is 0.597. The maximum absolute atomic E-state index is 11.7. The number of ether oxygens (including phenoxy) is 2. The summed E-state index contributed by atoms with van der Waals surface area (Å²) in [6.07, 6.45) is 3.65. The maximum atomic E-state index is 11.7. The van der Waals surface area contributed by atoms with Crippen molar-refractivity contribution in [1.82, 2.24) is 5.32 Å². The van der Waals surface area contributed by atoms with Gasteiger partial charge < -0.3 is 14.8 Å². The quantitative estimate of drug-likeness (QED) is 0.678. The van der Waals surface area contributed by atoms with Gasteiger partial charge in [0.25, 0.3) is 0 Å². The van der Waals surface area contributed by atoms with Crippen molar-refractivity contribution in [1.29, 1.82) is 0 Å². The largest absolute Gasteiger partial charge is 0.465 e. The van der Waals surface area contributed by atoms with E-state index in [9.17, 15) is 4.79 Å². The smallest absolute Gasteiger partial charge is 0.312 e. The molecule has 2 aliphatic rings. The average Bonchev–Trinajstić information content (AvgIpc) is 2.94. The third-order valence-corrected chi connectivity index (χ3v) is 3.22. The fourth-order valence-electron chi connectivity index (χ4n) is 1.91. The van der Waals surface area contributed by atoms with E-state index in [1.54, 1.807) is 0 Å². The van der Waals surface area contributed by atoms with Crippen LogP contribution in [-0.4, -0.2) is 38.9 Å². The minimum Gasteiger partial charge on any atom is -0.465 e. The van der Waals surface area contributed by atoms with Gasteiger partial charge in [-0.15, -0.1) is 0 Å². The Kier molecular flexibility index (Phi) is 3.59. The predicted molar refractivity (Wildman–Crippen MR) is 55.5 cm³/mol. The van der Waals surface area contributed by atoms with Crippen molar-refractivity contribution in [2.24, 2.45) is 11.8 Å². The van der Waals surface area contributed by atoms with Crippen LogP contribution in [0.25, 0.3) is 0 Å². The highest BCUT2D eigenvalue weighted by atomic mass is 16.5. The van der Waals surface area contributed by atoms with Gasteiger partial charge in [0, 0.05) is 6.04 Å². The van der Waals surface area contributed by atoms with Crippen LogP contribution in [0.3, 0.4) is 0 Å². The molecule has 1 saturated carbocycles. The van der Waals surface area contributed by atoms with Crippen LogP contribution in [0.1, 0.15) is 19.3 Å². The van der Waals surface area contributed by atoms with E-state index in [4.69, 9.17) is 9.47 Å². The van der Waals surface area contributed by atoms with Gasteiger partial charge in [-0.05, 0) is 19.4 Å². The minimum atomic E-state index is -0.116. The molecular weight excluding hydrogens is 194 g/mol. The zero-order chi connectivity index (χ0) is 10.7. The van der Waals surface area contributed by atoms with Gasteiger partial charge >= 0.3 is 5.97 Å². The summed E-state index contributed by atoms with van der Waals surface area (Å²) >= 11 is 0. The molecule has 2 fully saturated rings. The first-order valence-corrected chi connectivity index (χ1v) is 5.73. The molecule has 0 aromatic carbocycles. The topological polar surface area (TPSA) is 47.6 Å². The molecule has 2 atom stereocenters. The van der Waals surface area contributed by atoms with Gasteiger partial charge in [-0.1, -0.05) is 12.8 Å². The molecule has 0 aromatic heterocycles. The monoisotopic (exact) mass is 213 g/mol. The molecule has 2 unspecified atom stereocenters. The minimum absolute atomic E-state index is 0.104. The number of esters is 1. The van der Waals surface area contributed by atoms with Crippen molar-refractivity contribution in [3.63, 3.8) is 0 Å². The van der Waals surface area contributed by atoms with E-state index in [2.05, 4.69) is 5.32 Å². The maximum Gasteiger partial charge on any atom is 0.312 e. The van der Waals surface area contributed by atoms with Gasteiger partial charge in [0.05, 0.1) is 25.7 Å². The van der Waals surface area contributed by atoms with Gasteiger partial charge in [0.2, 0.25) is 0 Å². The Morgan fingerprint density at radius 2 is 2.27 bits per heavy atom. The standard InChI is InChI=1S/C11H19NO3/c1-12-10-7-14-6-9(10)11(13)15-5-4-8-2-3-8/h8-10,12H,2-7H2,1H3. The lowest BCUT2D eigenvalue weighted by Gasteiger charge is -2.15. The Morgan fingerprint density at radius 3 is 2.93 bits per heavy atom. The molecule has 0 aromatic rings. The number of carbonyl (C=O) groups excluding carboxylic acids is 1. The van der Waals surface area contributed by atoms with E-state index in [1.165, 1.54) is 12.8 Å². The van der Waals surface area contributed by atoms with Crippen molar-refractivity contribution in [3.05, 3.63) is 0 Å². The van der Waals surface area contributed by atoms with Crippen molar-refractivity contribution in [2.75, 3.05) is 26.9 Å². The van der Waals surface area contributed by atoms with Crippen LogP contribution in [0.4, 0.5) is 0 Å². The Hall–Kier alpha value is -0.610. The second-order valence-corrected chi connectivity index (χ2v) is 4.44. The highest BCUT2D eigenvalue weighted by Gasteiger charge is 2.34. The van der Waals surface area contributed by atoms with Crippen LogP contribution in [0.2, 0.25) is 0 Å². The van der Waals surface area contributed by atoms with Crippen LogP contribution in [0.15, 0.2) is 0 Å². The van der Waals surface area contributed by atoms with Gasteiger partial charge in [0.1, 0.15) is 0 Å². The molecule has 1 heterocycles. The molecule has 15 heavy (non-hydrogen) atoms. The second kappa shape index (κ2) is 4.94. The summed E-state index contributed by atoms with van der Waals surface area (Å²) in [7, 11) is 1.85. The zero-order valence-corrected chi connectivity index (χ0v) is 9.20. The van der Waals surface area contributed by atoms with E-state index in [-0.39, 0.29) is 17.9 Å². The van der Waals surface area contributed by atoms with Gasteiger partial charge in [-0.25, -0.2) is 0 Å². The number of likely N-dealkylation sites (N-methyl/N-ethyl adjacent to an activating group) is 1. The van der Waals surface area contributed by atoms with E-state index in [1.807, 2.05) is 7.05 Å². The zero-order valence-electron chi connectivity index (χ0n) is 9.20. The lowest BCUT2D eigenvalue weighted by Crippen LogP contribution is -2.37. The molecule has 1 aliphatic carbocycles. The lowest BCUT2D eigenvalue weighted by atomic mass is 10.0. The summed E-state index contributed by atoms with van der Waals surface area (Å²) in [5, 5.41) is 3.08. The lowest BCUT2D eigenvalue weighted by molar-refractivity contribution is -0.149. The predicted octanol–water partition coefficient (Wildman–Crippen LogP) is 0.564. The molecule has 1 saturated heterocycles. The van der Waals surface area contributed by atoms with Crippen LogP contribution < -0.4 is 5.32 Å². The molecule has 2 rings (SSSR count). The molecule has 0 spiro atoms. The summed E-state index contributed by atoms with van der Waals surface area (Å²) in [6, 6.07) is 0.124. The first kappa shape index (κ1) is 10.9. The van der Waals surface area contributed by atoms with Crippen molar-refractivity contribution in [3.8, 4) is 0 Å². The highest BCUT2D eigenvalue weighted by molar-refractivity contribution is 5.73. The first-order valence-electron chi connectivity index (χ1n) is 5.73. The first-order chi connectivity index (χ1) is 7.31. The summed E-state index contributed by atoms with van der Waals surface area (Å²) in [5.41, 5.74) is 0. The van der Waals surface area contributed by atoms with Crippen molar-refractivity contribution >= 4 is 5.97 Å². The normalized spacial score (nSPS) is 30.5. The molecule has 1 N–H and O–H groups in total. The van der Waals surface area contributed by atoms with Crippen LogP contribution in [0.5, 0.6) is 0 Å². The fraction of sp³-hybridized carbons (Fsp3) is 0.909. The summed E-state index contributed by atoms with van der Waals surface area (Å²) in [4.78, 5) is 11.7. The third kappa shape index (κ3) is 2.92. The van der Waals surface area contributed by atoms with Crippen molar-refractivity contribution < 1.29 is 14.3 Å². The Labute approximate surface area is 90.3 Å². The highest BCUT2D eigenvalue weighted by Crippen LogP contribution is 2.32. The summed E-state index contributed by atoms with van der Waals surface area (Å²) < 4.78 is 10.5. The van der Waals surface area contributed by atoms with E-state index in [0.29, 0.717) is 19.8 Å². The molecular formula is C11H19NO3. The molecule has 0 amide bonds. The van der Waals surface area contributed by atoms with E-state index < -0.39 is 0 Å². The van der Waals surface area contributed by atoms with Crippen LogP contribution in [-0.2, 0) is 14.3 Å². The van der Waals surface area contributed by atoms with Gasteiger partial charge in [-0.2, -0.15) is 0 Å². The SMILES string of the molecule is CNC1COCC1C(=O)OCCC1CC1. The van der Waals surface area contributed by atoms with E-state index in [0.717, 1.165) is 12.3 Å². The van der Waals surface area contributed by atoms with Crippen LogP contribution >= 0.6 is 0 Å². The van der Waals surface area contributed by atoms with Crippen molar-refractivity contribution in [2.45, 2.75) is 25.3 Å². The number of rotatable bonds is 5. The molecule has 4 heteroatoms. The number of nitrogens with one attached hydrogen (secondary N) is 1.